The zero-order valence-corrected chi connectivity index (χ0v) is 21.4. The number of alkyl halides is 2. The van der Waals surface area contributed by atoms with Crippen molar-refractivity contribution in [2.75, 3.05) is 49.5 Å². The van der Waals surface area contributed by atoms with Crippen molar-refractivity contribution in [1.29, 1.82) is 0 Å². The van der Waals surface area contributed by atoms with Crippen molar-refractivity contribution in [3.8, 4) is 0 Å². The third kappa shape index (κ3) is 6.46. The maximum Gasteiger partial charge on any atom is 0.410 e. The molecule has 0 bridgehead atoms. The molecule has 0 radical (unpaired) electrons. The van der Waals surface area contributed by atoms with Crippen LogP contribution in [0.25, 0.3) is 0 Å². The third-order valence-corrected chi connectivity index (χ3v) is 6.84. The van der Waals surface area contributed by atoms with Gasteiger partial charge in [0.05, 0.1) is 18.3 Å². The molecule has 3 amide bonds. The van der Waals surface area contributed by atoms with E-state index < -0.39 is 48.0 Å². The predicted octanol–water partition coefficient (Wildman–Crippen LogP) is 2.81. The number of likely N-dealkylation sites (tertiary alicyclic amines) is 1. The van der Waals surface area contributed by atoms with Gasteiger partial charge in [0.1, 0.15) is 17.5 Å². The maximum atomic E-state index is 15.0. The zero-order valence-electron chi connectivity index (χ0n) is 21.4. The highest BCUT2D eigenvalue weighted by Crippen LogP contribution is 2.33. The minimum atomic E-state index is -3.09. The molecule has 3 fully saturated rings. The van der Waals surface area contributed by atoms with Gasteiger partial charge >= 0.3 is 6.09 Å². The molecular weight excluding hydrogens is 491 g/mol. The second kappa shape index (κ2) is 10.4. The molecular formula is C25H34F3N5O4. The normalized spacial score (nSPS) is 25.0. The van der Waals surface area contributed by atoms with E-state index in [2.05, 4.69) is 10.6 Å². The van der Waals surface area contributed by atoms with Gasteiger partial charge in [-0.3, -0.25) is 19.8 Å². The van der Waals surface area contributed by atoms with Crippen molar-refractivity contribution >= 4 is 29.3 Å². The number of nitrogens with one attached hydrogen (secondary N) is 2. The van der Waals surface area contributed by atoms with Crippen molar-refractivity contribution in [1.82, 2.24) is 15.1 Å². The van der Waals surface area contributed by atoms with Gasteiger partial charge in [-0.1, -0.05) is 0 Å². The van der Waals surface area contributed by atoms with Crippen LogP contribution < -0.4 is 15.5 Å². The van der Waals surface area contributed by atoms with E-state index in [-0.39, 0.29) is 25.3 Å². The number of hydrogen-bond acceptors (Lipinski definition) is 7. The summed E-state index contributed by atoms with van der Waals surface area (Å²) in [5, 5.41) is 5.21. The number of hydrogen-bond donors (Lipinski definition) is 2. The number of nitrogens with zero attached hydrogens (tertiary/aromatic N) is 3. The third-order valence-electron chi connectivity index (χ3n) is 6.84. The van der Waals surface area contributed by atoms with Crippen LogP contribution in [0.15, 0.2) is 18.2 Å². The van der Waals surface area contributed by atoms with Crippen molar-refractivity contribution in [3.63, 3.8) is 0 Å². The molecule has 3 aliphatic rings. The van der Waals surface area contributed by atoms with E-state index in [1.165, 1.54) is 6.07 Å². The Morgan fingerprint density at radius 1 is 1.11 bits per heavy atom. The molecule has 2 N–H and O–H groups in total. The first-order valence-electron chi connectivity index (χ1n) is 12.6. The van der Waals surface area contributed by atoms with Crippen LogP contribution in [-0.4, -0.2) is 90.6 Å². The van der Waals surface area contributed by atoms with Gasteiger partial charge in [0, 0.05) is 44.8 Å². The highest BCUT2D eigenvalue weighted by molar-refractivity contribution is 6.01. The maximum absolute atomic E-state index is 15.0. The number of amides is 3. The van der Waals surface area contributed by atoms with Crippen LogP contribution >= 0.6 is 0 Å². The van der Waals surface area contributed by atoms with Crippen LogP contribution in [0.5, 0.6) is 0 Å². The van der Waals surface area contributed by atoms with E-state index in [1.54, 1.807) is 37.8 Å². The molecule has 12 heteroatoms. The summed E-state index contributed by atoms with van der Waals surface area (Å²) in [5.41, 5.74) is 0.0272. The van der Waals surface area contributed by atoms with Gasteiger partial charge < -0.3 is 19.9 Å². The van der Waals surface area contributed by atoms with Crippen molar-refractivity contribution in [3.05, 3.63) is 24.0 Å². The molecule has 1 aromatic rings. The Hall–Kier alpha value is -3.02. The molecule has 204 valence electrons. The van der Waals surface area contributed by atoms with Crippen molar-refractivity contribution < 1.29 is 32.3 Å². The molecule has 0 saturated carbocycles. The average molecular weight is 526 g/mol. The lowest BCUT2D eigenvalue weighted by Crippen LogP contribution is -2.62. The first kappa shape index (κ1) is 27.0. The lowest BCUT2D eigenvalue weighted by molar-refractivity contribution is -0.133. The molecule has 0 aliphatic carbocycles. The fourth-order valence-electron chi connectivity index (χ4n) is 5.02. The van der Waals surface area contributed by atoms with E-state index in [0.717, 1.165) is 4.90 Å². The molecule has 2 atom stereocenters. The van der Waals surface area contributed by atoms with Gasteiger partial charge in [-0.05, 0) is 51.8 Å². The SMILES string of the molecule is CC(C)(C)OC(=O)N1CCC(N2CCN(c3ccc(NC4CCC(=O)NC4=O)cc3F)CC2)C(F)(F)C1. The summed E-state index contributed by atoms with van der Waals surface area (Å²) < 4.78 is 50.3. The second-order valence-corrected chi connectivity index (χ2v) is 10.8. The van der Waals surface area contributed by atoms with Crippen molar-refractivity contribution in [2.45, 2.75) is 63.6 Å². The van der Waals surface area contributed by atoms with Crippen LogP contribution in [0.4, 0.5) is 29.3 Å². The van der Waals surface area contributed by atoms with Crippen LogP contribution in [-0.2, 0) is 14.3 Å². The van der Waals surface area contributed by atoms with Crippen LogP contribution in [0.1, 0.15) is 40.0 Å². The average Bonchev–Trinajstić information content (AvgIpc) is 2.79. The topological polar surface area (TPSA) is 94.2 Å². The van der Waals surface area contributed by atoms with E-state index in [4.69, 9.17) is 4.74 Å². The van der Waals surface area contributed by atoms with Gasteiger partial charge in [-0.2, -0.15) is 0 Å². The van der Waals surface area contributed by atoms with E-state index >= 15 is 8.78 Å². The van der Waals surface area contributed by atoms with Gasteiger partial charge in [0.2, 0.25) is 11.8 Å². The molecule has 37 heavy (non-hydrogen) atoms. The number of benzene rings is 1. The fourth-order valence-corrected chi connectivity index (χ4v) is 5.02. The van der Waals surface area contributed by atoms with Crippen LogP contribution in [0.3, 0.4) is 0 Å². The Morgan fingerprint density at radius 3 is 2.41 bits per heavy atom. The first-order valence-corrected chi connectivity index (χ1v) is 12.6. The van der Waals surface area contributed by atoms with Crippen LogP contribution in [0.2, 0.25) is 0 Å². The first-order chi connectivity index (χ1) is 17.3. The van der Waals surface area contributed by atoms with E-state index in [1.807, 2.05) is 4.90 Å². The number of piperidine rings is 2. The number of piperazine rings is 1. The Bertz CT molecular complexity index is 1040. The van der Waals surface area contributed by atoms with E-state index in [9.17, 15) is 18.8 Å². The molecule has 9 nitrogen and oxygen atoms in total. The van der Waals surface area contributed by atoms with Gasteiger partial charge in [-0.15, -0.1) is 0 Å². The lowest BCUT2D eigenvalue weighted by atomic mass is 9.98. The van der Waals surface area contributed by atoms with E-state index in [0.29, 0.717) is 44.0 Å². The Kier molecular flexibility index (Phi) is 7.59. The quantitative estimate of drug-likeness (QED) is 0.584. The number of carbonyl (C=O) groups is 3. The molecule has 4 rings (SSSR count). The Labute approximate surface area is 214 Å². The van der Waals surface area contributed by atoms with Gasteiger partial charge in [0.15, 0.2) is 0 Å². The molecule has 3 aliphatic heterocycles. The zero-order chi connectivity index (χ0) is 27.0. The Balaban J connectivity index is 1.32. The largest absolute Gasteiger partial charge is 0.444 e. The molecule has 1 aromatic carbocycles. The molecule has 2 unspecified atom stereocenters. The lowest BCUT2D eigenvalue weighted by Gasteiger charge is -2.46. The summed E-state index contributed by atoms with van der Waals surface area (Å²) in [7, 11) is 0. The summed E-state index contributed by atoms with van der Waals surface area (Å²) in [6, 6.07) is 2.95. The fraction of sp³-hybridized carbons (Fsp3) is 0.640. The predicted molar refractivity (Wildman–Crippen MR) is 131 cm³/mol. The van der Waals surface area contributed by atoms with Crippen LogP contribution in [0, 0.1) is 5.82 Å². The van der Waals surface area contributed by atoms with Gasteiger partial charge in [-0.25, -0.2) is 18.0 Å². The molecule has 0 aromatic heterocycles. The number of carbonyl (C=O) groups excluding carboxylic acids is 3. The number of halogens is 3. The number of ether oxygens (including phenoxy) is 1. The summed E-state index contributed by atoms with van der Waals surface area (Å²) in [6.45, 7) is 6.00. The standard InChI is InChI=1S/C25H34F3N5O4/c1-24(2,3)37-23(36)33-9-8-20(25(27,28)15-33)32-12-10-31(11-13-32)19-6-4-16(14-17(19)26)29-18-5-7-21(34)30-22(18)35/h4,6,14,18,20,29H,5,7-13,15H2,1-3H3,(H,30,34,35). The molecule has 0 spiro atoms. The van der Waals surface area contributed by atoms with Gasteiger partial charge in [0.25, 0.3) is 5.92 Å². The highest BCUT2D eigenvalue weighted by atomic mass is 19.3. The minimum Gasteiger partial charge on any atom is -0.444 e. The Morgan fingerprint density at radius 2 is 1.81 bits per heavy atom. The number of rotatable bonds is 4. The number of imide groups is 1. The minimum absolute atomic E-state index is 0.126. The second-order valence-electron chi connectivity index (χ2n) is 10.8. The monoisotopic (exact) mass is 525 g/mol. The highest BCUT2D eigenvalue weighted by Gasteiger charge is 2.49. The summed E-state index contributed by atoms with van der Waals surface area (Å²) in [6.07, 6.45) is -0.0622. The molecule has 3 heterocycles. The summed E-state index contributed by atoms with van der Waals surface area (Å²) in [5.74, 6) is -4.34. The molecule has 3 saturated heterocycles. The van der Waals surface area contributed by atoms with Crippen molar-refractivity contribution in [2.24, 2.45) is 0 Å². The summed E-state index contributed by atoms with van der Waals surface area (Å²) in [4.78, 5) is 40.1. The summed E-state index contributed by atoms with van der Waals surface area (Å²) >= 11 is 0. The smallest absolute Gasteiger partial charge is 0.410 e. The number of anilines is 2.